The number of rotatable bonds is 0. The molecule has 0 atom stereocenters. The fourth-order valence-electron chi connectivity index (χ4n) is 1.22. The van der Waals surface area contributed by atoms with Gasteiger partial charge in [-0.25, -0.2) is 0 Å². The van der Waals surface area contributed by atoms with Crippen molar-refractivity contribution in [1.29, 1.82) is 0 Å². The summed E-state index contributed by atoms with van der Waals surface area (Å²) in [5.74, 6) is 0. The van der Waals surface area contributed by atoms with Gasteiger partial charge in [-0.15, -0.1) is 0 Å². The first kappa shape index (κ1) is 11.7. The Kier molecular flexibility index (Phi) is 4.83. The highest BCUT2D eigenvalue weighted by Crippen LogP contribution is 2.47. The highest BCUT2D eigenvalue weighted by molar-refractivity contribution is 9.26. The van der Waals surface area contributed by atoms with Crippen LogP contribution in [-0.2, 0) is 0 Å². The molecular weight excluding hydrogens is 416 g/mol. The van der Waals surface area contributed by atoms with Crippen molar-refractivity contribution in [2.24, 2.45) is 0 Å². The Balaban J connectivity index is 2.84. The molecule has 0 aliphatic heterocycles. The Morgan fingerprint density at radius 2 is 1.67 bits per heavy atom. The lowest BCUT2D eigenvalue weighted by molar-refractivity contribution is 0.632. The molecule has 0 unspecified atom stereocenters. The molecule has 4 heteroatoms. The van der Waals surface area contributed by atoms with Crippen LogP contribution < -0.4 is 0 Å². The van der Waals surface area contributed by atoms with Gasteiger partial charge in [0.2, 0.25) is 0 Å². The minimum absolute atomic E-state index is 0.0424. The van der Waals surface area contributed by atoms with Crippen LogP contribution in [0.15, 0.2) is 8.96 Å². The van der Waals surface area contributed by atoms with Gasteiger partial charge in [-0.05, 0) is 19.3 Å². The molecule has 0 amide bonds. The van der Waals surface area contributed by atoms with Gasteiger partial charge in [0.05, 0.1) is 0 Å². The highest BCUT2D eigenvalue weighted by atomic mass is 79.9. The lowest BCUT2D eigenvalue weighted by atomic mass is 10.1. The van der Waals surface area contributed by atoms with Crippen LogP contribution in [0.3, 0.4) is 0 Å². The summed E-state index contributed by atoms with van der Waals surface area (Å²) in [5, 5.41) is 0. The average Bonchev–Trinajstić information content (AvgIpc) is 2.00. The molecule has 0 nitrogen and oxygen atoms in total. The minimum Gasteiger partial charge on any atom is -0.0668 e. The third-order valence-electron chi connectivity index (χ3n) is 1.95. The van der Waals surface area contributed by atoms with E-state index in [4.69, 9.17) is 0 Å². The largest absolute Gasteiger partial charge is 0.112 e. The molecule has 12 heavy (non-hydrogen) atoms. The molecule has 0 fully saturated rings. The van der Waals surface area contributed by atoms with Crippen molar-refractivity contribution in [3.05, 3.63) is 8.96 Å². The molecule has 0 N–H and O–H groups in total. The third-order valence-corrected chi connectivity index (χ3v) is 7.08. The lowest BCUT2D eigenvalue weighted by Gasteiger charge is -2.23. The molecule has 0 spiro atoms. The summed E-state index contributed by atoms with van der Waals surface area (Å²) in [6.45, 7) is 0. The summed E-state index contributed by atoms with van der Waals surface area (Å²) in [7, 11) is 0. The molecule has 1 aliphatic carbocycles. The van der Waals surface area contributed by atoms with Crippen LogP contribution in [-0.4, -0.2) is 3.23 Å². The Hall–Kier alpha value is 1.66. The summed E-state index contributed by atoms with van der Waals surface area (Å²) in [4.78, 5) is 0. The van der Waals surface area contributed by atoms with E-state index in [1.54, 1.807) is 0 Å². The van der Waals surface area contributed by atoms with Gasteiger partial charge >= 0.3 is 0 Å². The average molecular weight is 426 g/mol. The van der Waals surface area contributed by atoms with Gasteiger partial charge in [0.15, 0.2) is 0 Å². The molecular formula is C8H10Br4. The van der Waals surface area contributed by atoms with Crippen molar-refractivity contribution in [3.8, 4) is 0 Å². The molecule has 1 rings (SSSR count). The Labute approximate surface area is 107 Å². The quantitative estimate of drug-likeness (QED) is 0.453. The number of hydrogen-bond acceptors (Lipinski definition) is 0. The molecule has 0 aromatic carbocycles. The summed E-state index contributed by atoms with van der Waals surface area (Å²) in [6, 6.07) is 0. The molecule has 70 valence electrons. The van der Waals surface area contributed by atoms with E-state index in [2.05, 4.69) is 63.7 Å². The van der Waals surface area contributed by atoms with Gasteiger partial charge in [0, 0.05) is 8.96 Å². The van der Waals surface area contributed by atoms with Gasteiger partial charge in [0.25, 0.3) is 0 Å². The van der Waals surface area contributed by atoms with Gasteiger partial charge in [-0.1, -0.05) is 76.6 Å². The standard InChI is InChI=1S/C8H10Br4/c9-6-4-2-1-3-5-8(11,12)7(6)10/h1-5H2/b7-6-. The second-order valence-corrected chi connectivity index (χ2v) is 8.51. The predicted octanol–water partition coefficient (Wildman–Crippen LogP) is 5.44. The van der Waals surface area contributed by atoms with Crippen LogP contribution >= 0.6 is 63.7 Å². The maximum atomic E-state index is 3.66. The maximum absolute atomic E-state index is 3.66. The molecule has 0 bridgehead atoms. The molecule has 0 heterocycles. The zero-order valence-corrected chi connectivity index (χ0v) is 12.9. The van der Waals surface area contributed by atoms with Crippen LogP contribution in [0.4, 0.5) is 0 Å². The maximum Gasteiger partial charge on any atom is 0.112 e. The van der Waals surface area contributed by atoms with E-state index in [9.17, 15) is 0 Å². The first-order chi connectivity index (χ1) is 5.54. The van der Waals surface area contributed by atoms with E-state index in [1.165, 1.54) is 28.2 Å². The zero-order valence-electron chi connectivity index (χ0n) is 6.55. The normalized spacial score (nSPS) is 31.0. The van der Waals surface area contributed by atoms with E-state index in [0.29, 0.717) is 0 Å². The van der Waals surface area contributed by atoms with Gasteiger partial charge in [0.1, 0.15) is 3.23 Å². The number of alkyl halides is 2. The monoisotopic (exact) mass is 422 g/mol. The van der Waals surface area contributed by atoms with Crippen LogP contribution in [0.5, 0.6) is 0 Å². The summed E-state index contributed by atoms with van der Waals surface area (Å²) in [5.41, 5.74) is 0. The highest BCUT2D eigenvalue weighted by Gasteiger charge is 2.28. The van der Waals surface area contributed by atoms with E-state index < -0.39 is 0 Å². The Morgan fingerprint density at radius 1 is 1.00 bits per heavy atom. The fourth-order valence-corrected chi connectivity index (χ4v) is 3.81. The van der Waals surface area contributed by atoms with Crippen molar-refractivity contribution < 1.29 is 0 Å². The van der Waals surface area contributed by atoms with Crippen LogP contribution in [0, 0.1) is 0 Å². The SMILES string of the molecule is Br/C1=C(\Br)C(Br)(Br)CCCCC1. The Bertz CT molecular complexity index is 195. The van der Waals surface area contributed by atoms with Crippen molar-refractivity contribution in [2.75, 3.05) is 0 Å². The van der Waals surface area contributed by atoms with Crippen LogP contribution in [0.1, 0.15) is 32.1 Å². The van der Waals surface area contributed by atoms with Crippen LogP contribution in [0.25, 0.3) is 0 Å². The molecule has 0 saturated heterocycles. The summed E-state index contributed by atoms with van der Waals surface area (Å²) < 4.78 is 2.44. The molecule has 1 aliphatic rings. The van der Waals surface area contributed by atoms with E-state index >= 15 is 0 Å². The van der Waals surface area contributed by atoms with Gasteiger partial charge in [-0.3, -0.25) is 0 Å². The fraction of sp³-hybridized carbons (Fsp3) is 0.750. The van der Waals surface area contributed by atoms with Gasteiger partial charge in [-0.2, -0.15) is 0 Å². The molecule has 0 radical (unpaired) electrons. The summed E-state index contributed by atoms with van der Waals surface area (Å²) in [6.07, 6.45) is 6.13. The van der Waals surface area contributed by atoms with E-state index in [-0.39, 0.29) is 3.23 Å². The van der Waals surface area contributed by atoms with E-state index in [0.717, 1.165) is 12.8 Å². The lowest BCUT2D eigenvalue weighted by Crippen LogP contribution is -2.13. The van der Waals surface area contributed by atoms with Crippen LogP contribution in [0.2, 0.25) is 0 Å². The number of halogens is 4. The molecule has 0 saturated carbocycles. The van der Waals surface area contributed by atoms with Crippen molar-refractivity contribution in [2.45, 2.75) is 35.3 Å². The van der Waals surface area contributed by atoms with E-state index in [1.807, 2.05) is 0 Å². The van der Waals surface area contributed by atoms with Crippen molar-refractivity contribution in [1.82, 2.24) is 0 Å². The number of hydrogen-bond donors (Lipinski definition) is 0. The number of allylic oxidation sites excluding steroid dienone is 2. The second kappa shape index (κ2) is 4.94. The first-order valence-electron chi connectivity index (χ1n) is 3.96. The molecule has 0 aromatic heterocycles. The summed E-state index contributed by atoms with van der Waals surface area (Å²) >= 11 is 14.5. The molecule has 0 aromatic rings. The second-order valence-electron chi connectivity index (χ2n) is 2.98. The first-order valence-corrected chi connectivity index (χ1v) is 7.14. The van der Waals surface area contributed by atoms with Crippen molar-refractivity contribution in [3.63, 3.8) is 0 Å². The third kappa shape index (κ3) is 3.10. The topological polar surface area (TPSA) is 0 Å². The van der Waals surface area contributed by atoms with Gasteiger partial charge < -0.3 is 0 Å². The smallest absolute Gasteiger partial charge is 0.0668 e. The zero-order chi connectivity index (χ0) is 9.19. The predicted molar refractivity (Wildman–Crippen MR) is 68.6 cm³/mol. The Morgan fingerprint density at radius 3 is 2.33 bits per heavy atom. The minimum atomic E-state index is -0.0424. The van der Waals surface area contributed by atoms with Crippen molar-refractivity contribution >= 4 is 63.7 Å².